The molecule has 0 N–H and O–H groups in total. The zero-order chi connectivity index (χ0) is 18.0. The molecule has 0 amide bonds. The van der Waals surface area contributed by atoms with E-state index in [0.29, 0.717) is 24.9 Å². The SMILES string of the molecule is Cn1ccnc1CN1CCC(c2cccc(OC(F)(F)F)c2F)CC1. The van der Waals surface area contributed by atoms with Crippen molar-refractivity contribution in [2.75, 3.05) is 13.1 Å². The number of aromatic nitrogens is 2. The summed E-state index contributed by atoms with van der Waals surface area (Å²) < 4.78 is 57.2. The molecular weight excluding hydrogens is 338 g/mol. The van der Waals surface area contributed by atoms with Crippen LogP contribution < -0.4 is 4.74 Å². The maximum absolute atomic E-state index is 14.4. The minimum atomic E-state index is -4.90. The normalized spacial score (nSPS) is 17.0. The van der Waals surface area contributed by atoms with E-state index in [-0.39, 0.29) is 5.92 Å². The highest BCUT2D eigenvalue weighted by Crippen LogP contribution is 2.35. The van der Waals surface area contributed by atoms with Crippen LogP contribution >= 0.6 is 0 Å². The van der Waals surface area contributed by atoms with Gasteiger partial charge < -0.3 is 9.30 Å². The number of nitrogens with zero attached hydrogens (tertiary/aromatic N) is 3. The average molecular weight is 357 g/mol. The number of piperidine rings is 1. The minimum absolute atomic E-state index is 0.116. The highest BCUT2D eigenvalue weighted by molar-refractivity contribution is 5.33. The number of hydrogen-bond acceptors (Lipinski definition) is 3. The number of aryl methyl sites for hydroxylation is 1. The monoisotopic (exact) mass is 357 g/mol. The number of halogens is 4. The summed E-state index contributed by atoms with van der Waals surface area (Å²) in [7, 11) is 1.93. The molecule has 1 aromatic carbocycles. The molecule has 1 aromatic heterocycles. The molecule has 2 heterocycles. The molecule has 1 saturated heterocycles. The van der Waals surface area contributed by atoms with Gasteiger partial charge in [0.15, 0.2) is 11.6 Å². The molecule has 1 fully saturated rings. The summed E-state index contributed by atoms with van der Waals surface area (Å²) >= 11 is 0. The third-order valence-electron chi connectivity index (χ3n) is 4.53. The van der Waals surface area contributed by atoms with Crippen molar-refractivity contribution in [3.8, 4) is 5.75 Å². The van der Waals surface area contributed by atoms with Gasteiger partial charge >= 0.3 is 6.36 Å². The highest BCUT2D eigenvalue weighted by atomic mass is 19.4. The predicted octanol–water partition coefficient (Wildman–Crippen LogP) is 3.84. The summed E-state index contributed by atoms with van der Waals surface area (Å²) in [6.45, 7) is 2.18. The molecule has 2 aromatic rings. The third kappa shape index (κ3) is 4.31. The first-order valence-electron chi connectivity index (χ1n) is 8.06. The Hall–Kier alpha value is -2.09. The lowest BCUT2D eigenvalue weighted by molar-refractivity contribution is -0.275. The molecule has 0 spiro atoms. The molecule has 0 unspecified atom stereocenters. The molecule has 4 nitrogen and oxygen atoms in total. The highest BCUT2D eigenvalue weighted by Gasteiger charge is 2.33. The van der Waals surface area contributed by atoms with Crippen LogP contribution in [0.15, 0.2) is 30.6 Å². The van der Waals surface area contributed by atoms with Crippen LogP contribution in [0, 0.1) is 5.82 Å². The third-order valence-corrected chi connectivity index (χ3v) is 4.53. The van der Waals surface area contributed by atoms with E-state index in [2.05, 4.69) is 14.6 Å². The standard InChI is InChI=1S/C17H19F4N3O/c1-23-10-7-22-15(23)11-24-8-5-12(6-9-24)13-3-2-4-14(16(13)18)25-17(19,20)21/h2-4,7,10,12H,5-6,8-9,11H2,1H3. The number of likely N-dealkylation sites (tertiary alicyclic amines) is 1. The first kappa shape index (κ1) is 17.7. The molecule has 8 heteroatoms. The quantitative estimate of drug-likeness (QED) is 0.779. The maximum atomic E-state index is 14.4. The van der Waals surface area contributed by atoms with Crippen LogP contribution in [0.1, 0.15) is 30.1 Å². The lowest BCUT2D eigenvalue weighted by Gasteiger charge is -2.32. The van der Waals surface area contributed by atoms with Gasteiger partial charge in [0, 0.05) is 19.4 Å². The van der Waals surface area contributed by atoms with Crippen molar-refractivity contribution in [2.45, 2.75) is 31.7 Å². The molecule has 0 saturated carbocycles. The average Bonchev–Trinajstić information content (AvgIpc) is 2.94. The second kappa shape index (κ2) is 7.03. The van der Waals surface area contributed by atoms with Gasteiger partial charge in [-0.05, 0) is 43.5 Å². The smallest absolute Gasteiger partial charge is 0.403 e. The molecule has 1 aliphatic heterocycles. The van der Waals surface area contributed by atoms with E-state index in [1.807, 2.05) is 17.8 Å². The maximum Gasteiger partial charge on any atom is 0.573 e. The van der Waals surface area contributed by atoms with E-state index in [9.17, 15) is 17.6 Å². The zero-order valence-electron chi connectivity index (χ0n) is 13.8. The van der Waals surface area contributed by atoms with E-state index < -0.39 is 17.9 Å². The fourth-order valence-corrected chi connectivity index (χ4v) is 3.20. The van der Waals surface area contributed by atoms with Gasteiger partial charge in [0.1, 0.15) is 5.82 Å². The van der Waals surface area contributed by atoms with Gasteiger partial charge in [0.2, 0.25) is 0 Å². The molecule has 0 radical (unpaired) electrons. The number of benzene rings is 1. The summed E-state index contributed by atoms with van der Waals surface area (Å²) in [5, 5.41) is 0. The van der Waals surface area contributed by atoms with Gasteiger partial charge in [-0.1, -0.05) is 12.1 Å². The van der Waals surface area contributed by atoms with Gasteiger partial charge in [-0.15, -0.1) is 13.2 Å². The van der Waals surface area contributed by atoms with Crippen LogP contribution in [-0.4, -0.2) is 33.9 Å². The van der Waals surface area contributed by atoms with Gasteiger partial charge in [0.25, 0.3) is 0 Å². The van der Waals surface area contributed by atoms with Crippen LogP contribution in [0.25, 0.3) is 0 Å². The predicted molar refractivity (Wildman–Crippen MR) is 83.5 cm³/mol. The van der Waals surface area contributed by atoms with E-state index >= 15 is 0 Å². The Morgan fingerprint density at radius 2 is 1.96 bits per heavy atom. The summed E-state index contributed by atoms with van der Waals surface area (Å²) in [6, 6.07) is 3.94. The Morgan fingerprint density at radius 3 is 2.56 bits per heavy atom. The number of ether oxygens (including phenoxy) is 1. The summed E-state index contributed by atoms with van der Waals surface area (Å²) in [5.41, 5.74) is 0.290. The lowest BCUT2D eigenvalue weighted by atomic mass is 9.89. The fourth-order valence-electron chi connectivity index (χ4n) is 3.20. The Balaban J connectivity index is 1.65. The molecule has 25 heavy (non-hydrogen) atoms. The Labute approximate surface area is 143 Å². The van der Waals surface area contributed by atoms with Gasteiger partial charge in [0.05, 0.1) is 6.54 Å². The van der Waals surface area contributed by atoms with Gasteiger partial charge in [-0.2, -0.15) is 0 Å². The fraction of sp³-hybridized carbons (Fsp3) is 0.471. The molecule has 0 bridgehead atoms. The van der Waals surface area contributed by atoms with Crippen LogP contribution in [0.3, 0.4) is 0 Å². The van der Waals surface area contributed by atoms with Crippen molar-refractivity contribution in [1.29, 1.82) is 0 Å². The van der Waals surface area contributed by atoms with Gasteiger partial charge in [-0.3, -0.25) is 4.90 Å². The first-order valence-corrected chi connectivity index (χ1v) is 8.06. The largest absolute Gasteiger partial charge is 0.573 e. The molecule has 1 aliphatic rings. The molecule has 136 valence electrons. The van der Waals surface area contributed by atoms with Gasteiger partial charge in [-0.25, -0.2) is 9.37 Å². The summed E-state index contributed by atoms with van der Waals surface area (Å²) in [6.07, 6.45) is 0.0751. The van der Waals surface area contributed by atoms with Crippen molar-refractivity contribution < 1.29 is 22.3 Å². The lowest BCUT2D eigenvalue weighted by Crippen LogP contribution is -2.33. The Kier molecular flexibility index (Phi) is 4.99. The Morgan fingerprint density at radius 1 is 1.24 bits per heavy atom. The van der Waals surface area contributed by atoms with Crippen LogP contribution in [0.2, 0.25) is 0 Å². The minimum Gasteiger partial charge on any atom is -0.403 e. The van der Waals surface area contributed by atoms with E-state index in [1.54, 1.807) is 6.20 Å². The topological polar surface area (TPSA) is 30.3 Å². The second-order valence-electron chi connectivity index (χ2n) is 6.21. The van der Waals surface area contributed by atoms with Crippen molar-refractivity contribution in [1.82, 2.24) is 14.5 Å². The second-order valence-corrected chi connectivity index (χ2v) is 6.21. The van der Waals surface area contributed by atoms with Crippen LogP contribution in [-0.2, 0) is 13.6 Å². The number of hydrogen-bond donors (Lipinski definition) is 0. The number of imidazole rings is 1. The first-order chi connectivity index (χ1) is 11.8. The van der Waals surface area contributed by atoms with Crippen LogP contribution in [0.4, 0.5) is 17.6 Å². The van der Waals surface area contributed by atoms with Crippen molar-refractivity contribution in [3.63, 3.8) is 0 Å². The Bertz CT molecular complexity index is 721. The van der Waals surface area contributed by atoms with Crippen molar-refractivity contribution in [2.24, 2.45) is 7.05 Å². The molecule has 0 aliphatic carbocycles. The van der Waals surface area contributed by atoms with E-state index in [0.717, 1.165) is 25.0 Å². The molecular formula is C17H19F4N3O. The molecule has 0 atom stereocenters. The van der Waals surface area contributed by atoms with Crippen molar-refractivity contribution >= 4 is 0 Å². The van der Waals surface area contributed by atoms with E-state index in [4.69, 9.17) is 0 Å². The van der Waals surface area contributed by atoms with Crippen molar-refractivity contribution in [3.05, 3.63) is 47.8 Å². The number of alkyl halides is 3. The molecule has 3 rings (SSSR count). The van der Waals surface area contributed by atoms with Crippen LogP contribution in [0.5, 0.6) is 5.75 Å². The summed E-state index contributed by atoms with van der Waals surface area (Å²) in [4.78, 5) is 6.50. The summed E-state index contributed by atoms with van der Waals surface area (Å²) in [5.74, 6) is -0.845. The number of rotatable bonds is 4. The van der Waals surface area contributed by atoms with E-state index in [1.165, 1.54) is 12.1 Å². The zero-order valence-corrected chi connectivity index (χ0v) is 13.8.